The summed E-state index contributed by atoms with van der Waals surface area (Å²) in [6.45, 7) is 2.58. The van der Waals surface area contributed by atoms with E-state index in [1.54, 1.807) is 6.07 Å². The molecule has 5 nitrogen and oxygen atoms in total. The number of anilines is 4. The Bertz CT molecular complexity index is 568. The Labute approximate surface area is 108 Å². The third-order valence-electron chi connectivity index (χ3n) is 2.24. The minimum atomic E-state index is -0.670. The highest BCUT2D eigenvalue weighted by Crippen LogP contribution is 2.20. The summed E-state index contributed by atoms with van der Waals surface area (Å²) < 4.78 is 26.1. The zero-order valence-corrected chi connectivity index (χ0v) is 10.2. The first-order chi connectivity index (χ1) is 9.06. The molecule has 2 aromatic rings. The number of hydrogen-bond donors (Lipinski definition) is 3. The fourth-order valence-corrected chi connectivity index (χ4v) is 1.58. The number of rotatable bonds is 4. The Balaban J connectivity index is 2.27. The second-order valence-electron chi connectivity index (χ2n) is 3.81. The molecule has 2 rings (SSSR count). The number of halogens is 2. The van der Waals surface area contributed by atoms with E-state index in [0.717, 1.165) is 18.2 Å². The van der Waals surface area contributed by atoms with Crippen molar-refractivity contribution in [3.05, 3.63) is 35.9 Å². The number of nitrogens with one attached hydrogen (secondary N) is 2. The minimum absolute atomic E-state index is 0.0674. The van der Waals surface area contributed by atoms with Crippen molar-refractivity contribution in [1.82, 2.24) is 9.97 Å². The van der Waals surface area contributed by atoms with Crippen LogP contribution in [0.2, 0.25) is 0 Å². The van der Waals surface area contributed by atoms with Crippen LogP contribution in [0, 0.1) is 11.6 Å². The third kappa shape index (κ3) is 3.51. The maximum absolute atomic E-state index is 13.1. The number of nitrogen functional groups attached to an aromatic ring is 1. The van der Waals surface area contributed by atoms with Crippen LogP contribution in [0.3, 0.4) is 0 Å². The quantitative estimate of drug-likeness (QED) is 0.792. The topological polar surface area (TPSA) is 75.9 Å². The Kier molecular flexibility index (Phi) is 3.74. The van der Waals surface area contributed by atoms with Crippen molar-refractivity contribution in [3.8, 4) is 0 Å². The summed E-state index contributed by atoms with van der Waals surface area (Å²) in [5.74, 6) is -0.381. The summed E-state index contributed by atoms with van der Waals surface area (Å²) in [5, 5.41) is 5.75. The predicted molar refractivity (Wildman–Crippen MR) is 70.2 cm³/mol. The molecule has 0 fully saturated rings. The van der Waals surface area contributed by atoms with E-state index in [0.29, 0.717) is 18.2 Å². The predicted octanol–water partition coefficient (Wildman–Crippen LogP) is 2.51. The molecule has 19 heavy (non-hydrogen) atoms. The van der Waals surface area contributed by atoms with Gasteiger partial charge in [0.2, 0.25) is 5.95 Å². The fraction of sp³-hybridized carbons (Fsp3) is 0.167. The molecular weight excluding hydrogens is 252 g/mol. The molecule has 1 aromatic heterocycles. The van der Waals surface area contributed by atoms with Crippen LogP contribution >= 0.6 is 0 Å². The van der Waals surface area contributed by atoms with Crippen LogP contribution in [0.15, 0.2) is 24.3 Å². The molecule has 0 radical (unpaired) electrons. The van der Waals surface area contributed by atoms with Crippen molar-refractivity contribution >= 4 is 23.3 Å². The molecular formula is C12H13F2N5. The van der Waals surface area contributed by atoms with Gasteiger partial charge in [-0.1, -0.05) is 0 Å². The SMILES string of the molecule is CCNc1cc(Nc2cc(F)cc(F)c2)nc(N)n1. The summed E-state index contributed by atoms with van der Waals surface area (Å²) in [4.78, 5) is 7.91. The van der Waals surface area contributed by atoms with Crippen molar-refractivity contribution in [2.24, 2.45) is 0 Å². The van der Waals surface area contributed by atoms with Crippen molar-refractivity contribution in [3.63, 3.8) is 0 Å². The average Bonchev–Trinajstić information content (AvgIpc) is 2.26. The molecule has 0 atom stereocenters. The Morgan fingerprint density at radius 2 is 1.68 bits per heavy atom. The molecule has 0 aliphatic rings. The molecule has 0 saturated carbocycles. The summed E-state index contributed by atoms with van der Waals surface area (Å²) in [6.07, 6.45) is 0. The third-order valence-corrected chi connectivity index (χ3v) is 2.24. The van der Waals surface area contributed by atoms with Gasteiger partial charge in [-0.25, -0.2) is 8.78 Å². The van der Waals surface area contributed by atoms with Gasteiger partial charge in [0.25, 0.3) is 0 Å². The summed E-state index contributed by atoms with van der Waals surface area (Å²) in [5.41, 5.74) is 5.80. The summed E-state index contributed by atoms with van der Waals surface area (Å²) in [7, 11) is 0. The first kappa shape index (κ1) is 13.0. The number of benzene rings is 1. The van der Waals surface area contributed by atoms with Crippen LogP contribution in [0.5, 0.6) is 0 Å². The zero-order valence-electron chi connectivity index (χ0n) is 10.2. The molecule has 0 bridgehead atoms. The van der Waals surface area contributed by atoms with Gasteiger partial charge in [-0.2, -0.15) is 9.97 Å². The molecule has 4 N–H and O–H groups in total. The molecule has 0 amide bonds. The van der Waals surface area contributed by atoms with E-state index in [2.05, 4.69) is 20.6 Å². The number of nitrogens with zero attached hydrogens (tertiary/aromatic N) is 2. The lowest BCUT2D eigenvalue weighted by Crippen LogP contribution is -2.05. The maximum Gasteiger partial charge on any atom is 0.223 e. The Hall–Kier alpha value is -2.44. The first-order valence-corrected chi connectivity index (χ1v) is 5.68. The van der Waals surface area contributed by atoms with Crippen molar-refractivity contribution in [2.45, 2.75) is 6.92 Å². The highest BCUT2D eigenvalue weighted by Gasteiger charge is 2.05. The highest BCUT2D eigenvalue weighted by molar-refractivity contribution is 5.60. The van der Waals surface area contributed by atoms with Gasteiger partial charge in [0.05, 0.1) is 0 Å². The Morgan fingerprint density at radius 1 is 1.05 bits per heavy atom. The van der Waals surface area contributed by atoms with E-state index in [1.807, 2.05) is 6.92 Å². The molecule has 1 heterocycles. The maximum atomic E-state index is 13.1. The fourth-order valence-electron chi connectivity index (χ4n) is 1.58. The second-order valence-corrected chi connectivity index (χ2v) is 3.81. The van der Waals surface area contributed by atoms with E-state index in [1.165, 1.54) is 0 Å². The molecule has 1 aromatic carbocycles. The van der Waals surface area contributed by atoms with Gasteiger partial charge in [-0.3, -0.25) is 0 Å². The van der Waals surface area contributed by atoms with E-state index < -0.39 is 11.6 Å². The van der Waals surface area contributed by atoms with Gasteiger partial charge in [-0.15, -0.1) is 0 Å². The molecule has 0 saturated heterocycles. The van der Waals surface area contributed by atoms with E-state index in [4.69, 9.17) is 5.73 Å². The lowest BCUT2D eigenvalue weighted by molar-refractivity contribution is 0.584. The first-order valence-electron chi connectivity index (χ1n) is 5.68. The molecule has 100 valence electrons. The van der Waals surface area contributed by atoms with E-state index in [-0.39, 0.29) is 11.6 Å². The molecule has 7 heteroatoms. The molecule has 0 unspecified atom stereocenters. The molecule has 0 aliphatic heterocycles. The monoisotopic (exact) mass is 265 g/mol. The van der Waals surface area contributed by atoms with Crippen LogP contribution in [0.25, 0.3) is 0 Å². The van der Waals surface area contributed by atoms with Crippen molar-refractivity contribution < 1.29 is 8.78 Å². The normalized spacial score (nSPS) is 10.3. The van der Waals surface area contributed by atoms with Crippen LogP contribution in [-0.4, -0.2) is 16.5 Å². The molecule has 0 spiro atoms. The van der Waals surface area contributed by atoms with E-state index in [9.17, 15) is 8.78 Å². The smallest absolute Gasteiger partial charge is 0.223 e. The highest BCUT2D eigenvalue weighted by atomic mass is 19.1. The van der Waals surface area contributed by atoms with Gasteiger partial charge < -0.3 is 16.4 Å². The van der Waals surface area contributed by atoms with Crippen molar-refractivity contribution in [2.75, 3.05) is 22.9 Å². The van der Waals surface area contributed by atoms with Crippen molar-refractivity contribution in [1.29, 1.82) is 0 Å². The van der Waals surface area contributed by atoms with Crippen LogP contribution in [0.1, 0.15) is 6.92 Å². The lowest BCUT2D eigenvalue weighted by atomic mass is 10.3. The Morgan fingerprint density at radius 3 is 2.32 bits per heavy atom. The van der Waals surface area contributed by atoms with Gasteiger partial charge in [-0.05, 0) is 19.1 Å². The minimum Gasteiger partial charge on any atom is -0.370 e. The van der Waals surface area contributed by atoms with Gasteiger partial charge in [0.15, 0.2) is 0 Å². The number of aromatic nitrogens is 2. The summed E-state index contributed by atoms with van der Waals surface area (Å²) >= 11 is 0. The summed E-state index contributed by atoms with van der Waals surface area (Å²) in [6, 6.07) is 4.72. The average molecular weight is 265 g/mol. The van der Waals surface area contributed by atoms with Gasteiger partial charge in [0.1, 0.15) is 23.3 Å². The van der Waals surface area contributed by atoms with Crippen LogP contribution in [-0.2, 0) is 0 Å². The van der Waals surface area contributed by atoms with Crippen LogP contribution < -0.4 is 16.4 Å². The number of hydrogen-bond acceptors (Lipinski definition) is 5. The standard InChI is InChI=1S/C12H13F2N5/c1-2-16-10-6-11(19-12(15)18-10)17-9-4-7(13)3-8(14)5-9/h3-6H,2H2,1H3,(H4,15,16,17,18,19). The lowest BCUT2D eigenvalue weighted by Gasteiger charge is -2.09. The zero-order chi connectivity index (χ0) is 13.8. The van der Waals surface area contributed by atoms with Gasteiger partial charge >= 0.3 is 0 Å². The second kappa shape index (κ2) is 5.47. The largest absolute Gasteiger partial charge is 0.370 e. The molecule has 0 aliphatic carbocycles. The number of nitrogens with two attached hydrogens (primary N) is 1. The van der Waals surface area contributed by atoms with Gasteiger partial charge in [0, 0.05) is 24.4 Å². The van der Waals surface area contributed by atoms with Crippen LogP contribution in [0.4, 0.5) is 32.1 Å². The van der Waals surface area contributed by atoms with E-state index >= 15 is 0 Å².